The molecule has 0 amide bonds. The maximum atomic E-state index is 12.1. The fourth-order valence-corrected chi connectivity index (χ4v) is 2.16. The first-order valence-electron chi connectivity index (χ1n) is 6.97. The van der Waals surface area contributed by atoms with E-state index in [4.69, 9.17) is 14.2 Å². The number of likely N-dealkylation sites (tertiary alicyclic amines) is 1. The number of esters is 1. The van der Waals surface area contributed by atoms with Crippen molar-refractivity contribution >= 4 is 5.97 Å². The van der Waals surface area contributed by atoms with Gasteiger partial charge in [0.1, 0.15) is 11.6 Å². The highest BCUT2D eigenvalue weighted by Gasteiger charge is 2.33. The molecule has 5 heteroatoms. The van der Waals surface area contributed by atoms with Crippen LogP contribution < -0.4 is 0 Å². The number of nitrogens with zero attached hydrogens (tertiary/aromatic N) is 1. The second kappa shape index (κ2) is 7.82. The van der Waals surface area contributed by atoms with Gasteiger partial charge in [0, 0.05) is 13.7 Å². The molecule has 0 saturated carbocycles. The van der Waals surface area contributed by atoms with E-state index >= 15 is 0 Å². The summed E-state index contributed by atoms with van der Waals surface area (Å²) in [5.41, 5.74) is -0.416. The molecule has 1 rings (SSSR count). The molecular weight excluding hydrogens is 246 g/mol. The van der Waals surface area contributed by atoms with Gasteiger partial charge in [-0.05, 0) is 40.2 Å². The van der Waals surface area contributed by atoms with Gasteiger partial charge in [0.25, 0.3) is 0 Å². The summed E-state index contributed by atoms with van der Waals surface area (Å²) in [7, 11) is 1.66. The molecule has 0 bridgehead atoms. The summed E-state index contributed by atoms with van der Waals surface area (Å²) in [4.78, 5) is 14.2. The molecule has 5 nitrogen and oxygen atoms in total. The summed E-state index contributed by atoms with van der Waals surface area (Å²) in [5, 5.41) is 0. The average molecular weight is 273 g/mol. The van der Waals surface area contributed by atoms with E-state index < -0.39 is 5.60 Å². The highest BCUT2D eigenvalue weighted by atomic mass is 16.6. The van der Waals surface area contributed by atoms with Crippen LogP contribution in [0.1, 0.15) is 33.6 Å². The quantitative estimate of drug-likeness (QED) is 0.519. The molecule has 1 heterocycles. The molecule has 0 radical (unpaired) electrons. The van der Waals surface area contributed by atoms with Crippen LogP contribution >= 0.6 is 0 Å². The van der Waals surface area contributed by atoms with Crippen molar-refractivity contribution in [3.8, 4) is 0 Å². The largest absolute Gasteiger partial charge is 0.459 e. The zero-order valence-electron chi connectivity index (χ0n) is 12.6. The molecule has 1 fully saturated rings. The molecule has 0 aromatic heterocycles. The van der Waals surface area contributed by atoms with Crippen LogP contribution in [0.4, 0.5) is 0 Å². The lowest BCUT2D eigenvalue weighted by molar-refractivity contribution is -0.160. The Hall–Kier alpha value is -0.650. The average Bonchev–Trinajstić information content (AvgIpc) is 2.75. The van der Waals surface area contributed by atoms with Gasteiger partial charge in [-0.2, -0.15) is 0 Å². The van der Waals surface area contributed by atoms with Gasteiger partial charge in [-0.3, -0.25) is 9.69 Å². The van der Waals surface area contributed by atoms with Crippen molar-refractivity contribution in [3.63, 3.8) is 0 Å². The number of methoxy groups -OCH3 is 1. The Balaban J connectivity index is 2.31. The number of carbonyl (C=O) groups excluding carboxylic acids is 1. The Kier molecular flexibility index (Phi) is 6.75. The summed E-state index contributed by atoms with van der Waals surface area (Å²) >= 11 is 0. The van der Waals surface area contributed by atoms with Crippen LogP contribution in [0, 0.1) is 0 Å². The molecule has 112 valence electrons. The van der Waals surface area contributed by atoms with Gasteiger partial charge >= 0.3 is 5.97 Å². The first-order chi connectivity index (χ1) is 8.94. The van der Waals surface area contributed by atoms with Crippen molar-refractivity contribution in [3.05, 3.63) is 0 Å². The Morgan fingerprint density at radius 3 is 2.63 bits per heavy atom. The van der Waals surface area contributed by atoms with Crippen molar-refractivity contribution < 1.29 is 19.0 Å². The van der Waals surface area contributed by atoms with Gasteiger partial charge in [-0.15, -0.1) is 0 Å². The van der Waals surface area contributed by atoms with E-state index in [2.05, 4.69) is 4.90 Å². The van der Waals surface area contributed by atoms with Gasteiger partial charge in [0.2, 0.25) is 0 Å². The highest BCUT2D eigenvalue weighted by molar-refractivity contribution is 5.76. The molecule has 1 aliphatic heterocycles. The summed E-state index contributed by atoms with van der Waals surface area (Å²) < 4.78 is 15.8. The fourth-order valence-electron chi connectivity index (χ4n) is 2.16. The molecule has 0 aromatic carbocycles. The molecule has 0 aromatic rings. The molecule has 1 atom stereocenters. The van der Waals surface area contributed by atoms with Crippen LogP contribution in [0.5, 0.6) is 0 Å². The molecule has 0 spiro atoms. The van der Waals surface area contributed by atoms with Gasteiger partial charge in [-0.25, -0.2) is 0 Å². The van der Waals surface area contributed by atoms with E-state index in [1.807, 2.05) is 20.8 Å². The van der Waals surface area contributed by atoms with Crippen LogP contribution in [0.2, 0.25) is 0 Å². The number of ether oxygens (including phenoxy) is 3. The molecule has 0 N–H and O–H groups in total. The first-order valence-corrected chi connectivity index (χ1v) is 6.97. The highest BCUT2D eigenvalue weighted by Crippen LogP contribution is 2.20. The third kappa shape index (κ3) is 6.36. The van der Waals surface area contributed by atoms with Crippen molar-refractivity contribution in [2.75, 3.05) is 40.0 Å². The van der Waals surface area contributed by atoms with E-state index in [1.54, 1.807) is 7.11 Å². The third-order valence-electron chi connectivity index (χ3n) is 3.00. The van der Waals surface area contributed by atoms with E-state index in [0.29, 0.717) is 19.8 Å². The van der Waals surface area contributed by atoms with Crippen LogP contribution in [0.25, 0.3) is 0 Å². The van der Waals surface area contributed by atoms with Crippen LogP contribution in [-0.2, 0) is 19.0 Å². The number of hydrogen-bond acceptors (Lipinski definition) is 5. The standard InChI is InChI=1S/C14H27NO4/c1-14(2,3)19-13(16)12-6-5-7-15(12)8-9-18-11-10-17-4/h12H,5-11H2,1-4H3/t12-/m0/s1. The summed E-state index contributed by atoms with van der Waals surface area (Å²) in [6, 6.07) is -0.106. The van der Waals surface area contributed by atoms with E-state index in [9.17, 15) is 4.79 Å². The normalized spacial score (nSPS) is 20.7. The Labute approximate surface area is 116 Å². The topological polar surface area (TPSA) is 48.0 Å². The van der Waals surface area contributed by atoms with Crippen molar-refractivity contribution in [2.45, 2.75) is 45.3 Å². The van der Waals surface area contributed by atoms with Gasteiger partial charge in [0.15, 0.2) is 0 Å². The zero-order valence-corrected chi connectivity index (χ0v) is 12.6. The summed E-state index contributed by atoms with van der Waals surface area (Å²) in [5.74, 6) is -0.109. The monoisotopic (exact) mass is 273 g/mol. The smallest absolute Gasteiger partial charge is 0.323 e. The lowest BCUT2D eigenvalue weighted by atomic mass is 10.1. The molecular formula is C14H27NO4. The second-order valence-corrected chi connectivity index (χ2v) is 5.83. The van der Waals surface area contributed by atoms with Crippen LogP contribution in [-0.4, -0.2) is 62.5 Å². The maximum absolute atomic E-state index is 12.1. The molecule has 1 saturated heterocycles. The van der Waals surface area contributed by atoms with Crippen molar-refractivity contribution in [1.29, 1.82) is 0 Å². The van der Waals surface area contributed by atoms with Crippen LogP contribution in [0.3, 0.4) is 0 Å². The Morgan fingerprint density at radius 1 is 1.26 bits per heavy atom. The molecule has 0 aliphatic carbocycles. The number of hydrogen-bond donors (Lipinski definition) is 0. The maximum Gasteiger partial charge on any atom is 0.323 e. The van der Waals surface area contributed by atoms with Gasteiger partial charge in [-0.1, -0.05) is 0 Å². The number of rotatable bonds is 7. The minimum Gasteiger partial charge on any atom is -0.459 e. The predicted octanol–water partition coefficient (Wildman–Crippen LogP) is 1.46. The minimum atomic E-state index is -0.416. The lowest BCUT2D eigenvalue weighted by Crippen LogP contribution is -2.41. The van der Waals surface area contributed by atoms with Gasteiger partial charge < -0.3 is 14.2 Å². The molecule has 1 aliphatic rings. The summed E-state index contributed by atoms with van der Waals surface area (Å²) in [6.45, 7) is 9.25. The third-order valence-corrected chi connectivity index (χ3v) is 3.00. The van der Waals surface area contributed by atoms with Crippen LogP contribution in [0.15, 0.2) is 0 Å². The van der Waals surface area contributed by atoms with Crippen molar-refractivity contribution in [1.82, 2.24) is 4.90 Å². The Bertz CT molecular complexity index is 275. The lowest BCUT2D eigenvalue weighted by Gasteiger charge is -2.27. The SMILES string of the molecule is COCCOCCN1CCC[C@H]1C(=O)OC(C)(C)C. The minimum absolute atomic E-state index is 0.106. The van der Waals surface area contributed by atoms with Crippen molar-refractivity contribution in [2.24, 2.45) is 0 Å². The van der Waals surface area contributed by atoms with E-state index in [1.165, 1.54) is 0 Å². The zero-order chi connectivity index (χ0) is 14.3. The fraction of sp³-hybridized carbons (Fsp3) is 0.929. The number of carbonyl (C=O) groups is 1. The molecule has 19 heavy (non-hydrogen) atoms. The van der Waals surface area contributed by atoms with Gasteiger partial charge in [0.05, 0.1) is 19.8 Å². The second-order valence-electron chi connectivity index (χ2n) is 5.83. The predicted molar refractivity (Wildman–Crippen MR) is 73.1 cm³/mol. The Morgan fingerprint density at radius 2 is 2.00 bits per heavy atom. The van der Waals surface area contributed by atoms with E-state index in [-0.39, 0.29) is 12.0 Å². The van der Waals surface area contributed by atoms with E-state index in [0.717, 1.165) is 25.9 Å². The first kappa shape index (κ1) is 16.4. The molecule has 0 unspecified atom stereocenters. The summed E-state index contributed by atoms with van der Waals surface area (Å²) in [6.07, 6.45) is 1.93.